The van der Waals surface area contributed by atoms with E-state index < -0.39 is 0 Å². The zero-order chi connectivity index (χ0) is 24.1. The Morgan fingerprint density at radius 3 is 2.69 bits per heavy atom. The Hall–Kier alpha value is -3.52. The molecule has 1 saturated heterocycles. The molecule has 1 saturated carbocycles. The van der Waals surface area contributed by atoms with Crippen molar-refractivity contribution in [1.82, 2.24) is 19.7 Å². The smallest absolute Gasteiger partial charge is 0.272 e. The quantitative estimate of drug-likeness (QED) is 0.398. The molecule has 2 aromatic carbocycles. The third-order valence-corrected chi connectivity index (χ3v) is 7.27. The van der Waals surface area contributed by atoms with Crippen LogP contribution in [0.1, 0.15) is 55.6 Å². The predicted octanol–water partition coefficient (Wildman–Crippen LogP) is 5.04. The summed E-state index contributed by atoms with van der Waals surface area (Å²) >= 11 is 6.10. The van der Waals surface area contributed by atoms with Crippen LogP contribution in [0.3, 0.4) is 0 Å². The van der Waals surface area contributed by atoms with Gasteiger partial charge in [-0.15, -0.1) is 0 Å². The second-order valence-corrected chi connectivity index (χ2v) is 9.79. The molecule has 0 spiro atoms. The molecule has 0 radical (unpaired) electrons. The topological polar surface area (TPSA) is 94.1 Å². The summed E-state index contributed by atoms with van der Waals surface area (Å²) in [5.74, 6) is 0.662. The Morgan fingerprint density at radius 1 is 1.06 bits per heavy atom. The fourth-order valence-corrected chi connectivity index (χ4v) is 5.46. The Morgan fingerprint density at radius 2 is 1.89 bits per heavy atom. The van der Waals surface area contributed by atoms with Crippen LogP contribution in [0, 0.1) is 6.92 Å². The van der Waals surface area contributed by atoms with Crippen LogP contribution in [0.15, 0.2) is 51.8 Å². The van der Waals surface area contributed by atoms with Gasteiger partial charge in [0.1, 0.15) is 5.69 Å². The zero-order valence-corrected chi connectivity index (χ0v) is 20.0. The van der Waals surface area contributed by atoms with Crippen LogP contribution in [-0.2, 0) is 4.79 Å². The Labute approximate surface area is 206 Å². The second-order valence-electron chi connectivity index (χ2n) is 9.36. The van der Waals surface area contributed by atoms with Gasteiger partial charge in [0.2, 0.25) is 17.6 Å². The minimum absolute atomic E-state index is 0.00715. The van der Waals surface area contributed by atoms with Crippen molar-refractivity contribution in [2.75, 3.05) is 11.4 Å². The average Bonchev–Trinajstić information content (AvgIpc) is 3.61. The maximum absolute atomic E-state index is 12.9. The summed E-state index contributed by atoms with van der Waals surface area (Å²) in [4.78, 5) is 36.4. The summed E-state index contributed by atoms with van der Waals surface area (Å²) in [6.07, 6.45) is 4.60. The van der Waals surface area contributed by atoms with Crippen LogP contribution in [0.5, 0.6) is 0 Å². The highest BCUT2D eigenvalue weighted by atomic mass is 35.5. The molecule has 8 nitrogen and oxygen atoms in total. The van der Waals surface area contributed by atoms with E-state index in [9.17, 15) is 9.59 Å². The molecule has 6 rings (SSSR count). The first kappa shape index (κ1) is 22.0. The van der Waals surface area contributed by atoms with Crippen molar-refractivity contribution in [1.29, 1.82) is 0 Å². The molecule has 35 heavy (non-hydrogen) atoms. The Bertz CT molecular complexity index is 1500. The van der Waals surface area contributed by atoms with Crippen LogP contribution in [0.4, 0.5) is 5.69 Å². The van der Waals surface area contributed by atoms with Crippen LogP contribution < -0.4 is 10.5 Å². The van der Waals surface area contributed by atoms with E-state index in [1.165, 1.54) is 0 Å². The minimum Gasteiger partial charge on any atom is -0.339 e. The molecule has 1 amide bonds. The number of halogens is 1. The van der Waals surface area contributed by atoms with Crippen LogP contribution >= 0.6 is 11.6 Å². The molecule has 2 fully saturated rings. The number of hydrogen-bond acceptors (Lipinski definition) is 6. The van der Waals surface area contributed by atoms with Gasteiger partial charge in [0.25, 0.3) is 5.56 Å². The number of anilines is 1. The van der Waals surface area contributed by atoms with Crippen molar-refractivity contribution < 1.29 is 9.32 Å². The molecule has 0 unspecified atom stereocenters. The van der Waals surface area contributed by atoms with E-state index in [1.54, 1.807) is 24.0 Å². The van der Waals surface area contributed by atoms with Crippen molar-refractivity contribution in [3.8, 4) is 11.4 Å². The van der Waals surface area contributed by atoms with Gasteiger partial charge in [-0.05, 0) is 56.2 Å². The number of amides is 1. The average molecular weight is 490 g/mol. The fourth-order valence-electron chi connectivity index (χ4n) is 5.28. The number of fused-ring (bicyclic) bond motifs is 1. The highest BCUT2D eigenvalue weighted by Crippen LogP contribution is 2.34. The molecule has 178 valence electrons. The van der Waals surface area contributed by atoms with Gasteiger partial charge in [0, 0.05) is 35.3 Å². The van der Waals surface area contributed by atoms with Crippen molar-refractivity contribution in [2.24, 2.45) is 0 Å². The molecule has 0 N–H and O–H groups in total. The van der Waals surface area contributed by atoms with Gasteiger partial charge < -0.3 is 14.0 Å². The highest BCUT2D eigenvalue weighted by Gasteiger charge is 2.35. The standard InChI is InChI=1S/C26H24ClN5O3/c1-15-26(34)32(19-6-2-3-7-19)22-10-9-16(11-21(22)28-15)24-29-25(35-30-24)17-12-23(33)31(14-17)20-8-4-5-18(27)13-20/h4-5,8-11,13,17,19H,2-3,6-7,12,14H2,1H3/t17-/m0/s1. The van der Waals surface area contributed by atoms with Gasteiger partial charge in [-0.25, -0.2) is 4.98 Å². The maximum Gasteiger partial charge on any atom is 0.272 e. The molecular formula is C26H24ClN5O3. The number of carbonyl (C=O) groups excluding carboxylic acids is 1. The minimum atomic E-state index is -0.198. The number of carbonyl (C=O) groups is 1. The summed E-state index contributed by atoms with van der Waals surface area (Å²) < 4.78 is 7.48. The van der Waals surface area contributed by atoms with E-state index in [2.05, 4.69) is 15.1 Å². The molecule has 4 aromatic rings. The van der Waals surface area contributed by atoms with Crippen LogP contribution in [0.25, 0.3) is 22.4 Å². The first-order valence-electron chi connectivity index (χ1n) is 11.9. The third-order valence-electron chi connectivity index (χ3n) is 7.04. The van der Waals surface area contributed by atoms with Crippen molar-refractivity contribution in [2.45, 2.75) is 51.0 Å². The lowest BCUT2D eigenvalue weighted by Crippen LogP contribution is -2.26. The van der Waals surface area contributed by atoms with Gasteiger partial charge in [-0.3, -0.25) is 9.59 Å². The number of hydrogen-bond donors (Lipinski definition) is 0. The van der Waals surface area contributed by atoms with Gasteiger partial charge >= 0.3 is 0 Å². The van der Waals surface area contributed by atoms with E-state index in [1.807, 2.05) is 34.9 Å². The molecule has 9 heteroatoms. The second kappa shape index (κ2) is 8.61. The first-order chi connectivity index (χ1) is 17.0. The van der Waals surface area contributed by atoms with Gasteiger partial charge in [-0.2, -0.15) is 4.98 Å². The number of rotatable bonds is 4. The van der Waals surface area contributed by atoms with Crippen molar-refractivity contribution >= 4 is 34.2 Å². The third kappa shape index (κ3) is 3.91. The summed E-state index contributed by atoms with van der Waals surface area (Å²) in [5.41, 5.74) is 3.55. The summed E-state index contributed by atoms with van der Waals surface area (Å²) in [6.45, 7) is 2.21. The lowest BCUT2D eigenvalue weighted by Gasteiger charge is -2.17. The van der Waals surface area contributed by atoms with Crippen molar-refractivity contribution in [3.05, 3.63) is 69.4 Å². The van der Waals surface area contributed by atoms with Gasteiger partial charge in [-0.1, -0.05) is 35.7 Å². The molecule has 2 aliphatic rings. The lowest BCUT2D eigenvalue weighted by molar-refractivity contribution is -0.117. The molecule has 3 heterocycles. The first-order valence-corrected chi connectivity index (χ1v) is 12.3. The van der Waals surface area contributed by atoms with Crippen LogP contribution in [-0.4, -0.2) is 32.1 Å². The molecule has 1 atom stereocenters. The molecular weight excluding hydrogens is 466 g/mol. The molecule has 2 aromatic heterocycles. The van der Waals surface area contributed by atoms with Crippen LogP contribution in [0.2, 0.25) is 5.02 Å². The zero-order valence-electron chi connectivity index (χ0n) is 19.3. The molecule has 1 aliphatic carbocycles. The number of aromatic nitrogens is 4. The summed E-state index contributed by atoms with van der Waals surface area (Å²) in [5, 5.41) is 4.76. The highest BCUT2D eigenvalue weighted by molar-refractivity contribution is 6.30. The van der Waals surface area contributed by atoms with E-state index in [4.69, 9.17) is 16.1 Å². The largest absolute Gasteiger partial charge is 0.339 e. The number of benzene rings is 2. The SMILES string of the molecule is Cc1nc2cc(-c3noc([C@H]4CC(=O)N(c5cccc(Cl)c5)C4)n3)ccc2n(C2CCCC2)c1=O. The van der Waals surface area contributed by atoms with E-state index in [0.29, 0.717) is 35.4 Å². The molecule has 0 bridgehead atoms. The van der Waals surface area contributed by atoms with Gasteiger partial charge in [0.15, 0.2) is 0 Å². The predicted molar refractivity (Wildman–Crippen MR) is 133 cm³/mol. The summed E-state index contributed by atoms with van der Waals surface area (Å²) in [7, 11) is 0. The Kier molecular flexibility index (Phi) is 5.40. The summed E-state index contributed by atoms with van der Waals surface area (Å²) in [6, 6.07) is 13.2. The maximum atomic E-state index is 12.9. The van der Waals surface area contributed by atoms with E-state index in [-0.39, 0.29) is 23.4 Å². The van der Waals surface area contributed by atoms with Gasteiger partial charge in [0.05, 0.1) is 17.0 Å². The molecule has 1 aliphatic heterocycles. The lowest BCUT2D eigenvalue weighted by atomic mass is 10.1. The Balaban J connectivity index is 1.30. The monoisotopic (exact) mass is 489 g/mol. The number of nitrogens with zero attached hydrogens (tertiary/aromatic N) is 5. The van der Waals surface area contributed by atoms with Crippen molar-refractivity contribution in [3.63, 3.8) is 0 Å². The number of aryl methyl sites for hydroxylation is 1. The fraction of sp³-hybridized carbons (Fsp3) is 0.346. The normalized spacial score (nSPS) is 18.7. The van der Waals surface area contributed by atoms with E-state index in [0.717, 1.165) is 48.0 Å². The van der Waals surface area contributed by atoms with E-state index >= 15 is 0 Å².